The molecule has 7 nitrogen and oxygen atoms in total. The molecular weight excluding hydrogens is 502 g/mol. The van der Waals surface area contributed by atoms with E-state index in [0.717, 1.165) is 10.0 Å². The second kappa shape index (κ2) is 10.7. The Hall–Kier alpha value is -2.49. The van der Waals surface area contributed by atoms with Gasteiger partial charge >= 0.3 is 6.03 Å². The average molecular weight is 523 g/mol. The topological polar surface area (TPSA) is 96.0 Å². The zero-order chi connectivity index (χ0) is 22.4. The zero-order valence-electron chi connectivity index (χ0n) is 16.9. The standard InChI is InChI=1S/C21H21BrClN5O2S/c1-3-12(2)17(25-20(30)24-16-10-5-4-9-15(16)22)18(29)26-21-28-27-19(31-21)13-7-6-8-14(23)11-13/h4-12,17H,3H2,1-2H3,(H2,24,25,30)(H,26,28,29)/t12-,17-/m0/s1. The van der Waals surface area contributed by atoms with Crippen LogP contribution in [0.3, 0.4) is 0 Å². The van der Waals surface area contributed by atoms with Gasteiger partial charge < -0.3 is 10.6 Å². The molecule has 162 valence electrons. The Bertz CT molecular complexity index is 1080. The van der Waals surface area contributed by atoms with Crippen molar-refractivity contribution in [2.24, 2.45) is 5.92 Å². The van der Waals surface area contributed by atoms with Crippen molar-refractivity contribution in [3.05, 3.63) is 58.0 Å². The van der Waals surface area contributed by atoms with Gasteiger partial charge in [0, 0.05) is 15.1 Å². The lowest BCUT2D eigenvalue weighted by Crippen LogP contribution is -2.49. The fourth-order valence-corrected chi connectivity index (χ4v) is 4.08. The van der Waals surface area contributed by atoms with Crippen LogP contribution in [0.5, 0.6) is 0 Å². The molecule has 0 fully saturated rings. The Balaban J connectivity index is 1.69. The predicted octanol–water partition coefficient (Wildman–Crippen LogP) is 5.80. The molecule has 0 unspecified atom stereocenters. The summed E-state index contributed by atoms with van der Waals surface area (Å²) in [5.74, 6) is -0.448. The molecule has 0 aliphatic rings. The van der Waals surface area contributed by atoms with Crippen molar-refractivity contribution >= 4 is 61.6 Å². The molecule has 0 radical (unpaired) electrons. The van der Waals surface area contributed by atoms with E-state index >= 15 is 0 Å². The number of carbonyl (C=O) groups is 2. The van der Waals surface area contributed by atoms with Crippen LogP contribution in [0, 0.1) is 5.92 Å². The highest BCUT2D eigenvalue weighted by molar-refractivity contribution is 9.10. The highest BCUT2D eigenvalue weighted by Gasteiger charge is 2.27. The number of aromatic nitrogens is 2. The number of nitrogens with one attached hydrogen (secondary N) is 3. The van der Waals surface area contributed by atoms with E-state index in [1.807, 2.05) is 44.2 Å². The summed E-state index contributed by atoms with van der Waals surface area (Å²) in [5, 5.41) is 18.0. The number of benzene rings is 2. The lowest BCUT2D eigenvalue weighted by molar-refractivity contribution is -0.119. The van der Waals surface area contributed by atoms with Crippen LogP contribution in [-0.2, 0) is 4.79 Å². The molecule has 3 amide bonds. The highest BCUT2D eigenvalue weighted by atomic mass is 79.9. The number of rotatable bonds is 7. The van der Waals surface area contributed by atoms with Crippen LogP contribution in [-0.4, -0.2) is 28.2 Å². The van der Waals surface area contributed by atoms with Crippen LogP contribution in [0.2, 0.25) is 5.02 Å². The van der Waals surface area contributed by atoms with E-state index < -0.39 is 12.1 Å². The molecule has 3 aromatic rings. The fraction of sp³-hybridized carbons (Fsp3) is 0.238. The Morgan fingerprint density at radius 3 is 2.61 bits per heavy atom. The summed E-state index contributed by atoms with van der Waals surface area (Å²) >= 11 is 10.7. The Morgan fingerprint density at radius 1 is 1.13 bits per heavy atom. The number of anilines is 2. The molecule has 3 rings (SSSR count). The van der Waals surface area contributed by atoms with Crippen molar-refractivity contribution in [3.63, 3.8) is 0 Å². The molecule has 31 heavy (non-hydrogen) atoms. The van der Waals surface area contributed by atoms with Gasteiger partial charge in [0.15, 0.2) is 0 Å². The molecule has 0 bridgehead atoms. The molecule has 3 N–H and O–H groups in total. The van der Waals surface area contributed by atoms with E-state index in [4.69, 9.17) is 11.6 Å². The first kappa shape index (κ1) is 23.2. The number of hydrogen-bond donors (Lipinski definition) is 3. The number of para-hydroxylation sites is 1. The largest absolute Gasteiger partial charge is 0.326 e. The second-order valence-electron chi connectivity index (χ2n) is 6.85. The monoisotopic (exact) mass is 521 g/mol. The van der Waals surface area contributed by atoms with E-state index in [9.17, 15) is 9.59 Å². The minimum atomic E-state index is -0.744. The van der Waals surface area contributed by atoms with Crippen molar-refractivity contribution < 1.29 is 9.59 Å². The molecule has 1 heterocycles. The number of hydrogen-bond acceptors (Lipinski definition) is 5. The smallest absolute Gasteiger partial charge is 0.319 e. The van der Waals surface area contributed by atoms with E-state index in [1.54, 1.807) is 18.2 Å². The molecule has 10 heteroatoms. The lowest BCUT2D eigenvalue weighted by Gasteiger charge is -2.23. The van der Waals surface area contributed by atoms with Crippen LogP contribution >= 0.6 is 38.9 Å². The molecule has 0 saturated heterocycles. The van der Waals surface area contributed by atoms with Gasteiger partial charge in [-0.15, -0.1) is 10.2 Å². The quantitative estimate of drug-likeness (QED) is 0.366. The van der Waals surface area contributed by atoms with Crippen molar-refractivity contribution in [2.75, 3.05) is 10.6 Å². The summed E-state index contributed by atoms with van der Waals surface area (Å²) in [6.07, 6.45) is 0.706. The number of halogens is 2. The SMILES string of the molecule is CC[C@H](C)[C@H](NC(=O)Nc1ccccc1Br)C(=O)Nc1nnc(-c2cccc(Cl)c2)s1. The van der Waals surface area contributed by atoms with Gasteiger partial charge in [-0.25, -0.2) is 4.79 Å². The number of nitrogens with zero attached hydrogens (tertiary/aromatic N) is 2. The zero-order valence-corrected chi connectivity index (χ0v) is 20.0. The minimum Gasteiger partial charge on any atom is -0.326 e. The molecule has 0 aliphatic carbocycles. The summed E-state index contributed by atoms with van der Waals surface area (Å²) in [6, 6.07) is 13.3. The van der Waals surface area contributed by atoms with Crippen LogP contribution in [0.4, 0.5) is 15.6 Å². The summed E-state index contributed by atoms with van der Waals surface area (Å²) in [4.78, 5) is 25.4. The summed E-state index contributed by atoms with van der Waals surface area (Å²) in [5.41, 5.74) is 1.42. The van der Waals surface area contributed by atoms with Crippen LogP contribution in [0.1, 0.15) is 20.3 Å². The number of urea groups is 1. The van der Waals surface area contributed by atoms with Crippen LogP contribution in [0.15, 0.2) is 53.0 Å². The maximum atomic E-state index is 12.9. The van der Waals surface area contributed by atoms with Gasteiger partial charge in [-0.05, 0) is 46.1 Å². The Kier molecular flexibility index (Phi) is 8.00. The van der Waals surface area contributed by atoms with Crippen molar-refractivity contribution in [1.29, 1.82) is 0 Å². The van der Waals surface area contributed by atoms with Gasteiger partial charge in [-0.3, -0.25) is 10.1 Å². The third kappa shape index (κ3) is 6.25. The molecule has 2 atom stereocenters. The molecule has 0 aliphatic heterocycles. The number of amides is 3. The molecular formula is C21H21BrClN5O2S. The van der Waals surface area contributed by atoms with E-state index in [1.165, 1.54) is 11.3 Å². The summed E-state index contributed by atoms with van der Waals surface area (Å²) < 4.78 is 0.747. The van der Waals surface area contributed by atoms with E-state index in [-0.39, 0.29) is 11.8 Å². The normalized spacial score (nSPS) is 12.6. The molecule has 0 saturated carbocycles. The minimum absolute atomic E-state index is 0.0923. The first-order valence-corrected chi connectivity index (χ1v) is 11.6. The van der Waals surface area contributed by atoms with Gasteiger partial charge in [0.05, 0.1) is 5.69 Å². The Morgan fingerprint density at radius 2 is 1.90 bits per heavy atom. The first-order chi connectivity index (χ1) is 14.9. The molecule has 1 aromatic heterocycles. The molecule has 2 aromatic carbocycles. The first-order valence-electron chi connectivity index (χ1n) is 9.59. The highest BCUT2D eigenvalue weighted by Crippen LogP contribution is 2.28. The van der Waals surface area contributed by atoms with Gasteiger partial charge in [0.1, 0.15) is 11.0 Å². The molecule has 0 spiro atoms. The maximum Gasteiger partial charge on any atom is 0.319 e. The predicted molar refractivity (Wildman–Crippen MR) is 129 cm³/mol. The van der Waals surface area contributed by atoms with Crippen molar-refractivity contribution in [2.45, 2.75) is 26.3 Å². The van der Waals surface area contributed by atoms with Gasteiger partial charge in [-0.2, -0.15) is 0 Å². The second-order valence-corrected chi connectivity index (χ2v) is 9.12. The van der Waals surface area contributed by atoms with Crippen molar-refractivity contribution in [1.82, 2.24) is 15.5 Å². The van der Waals surface area contributed by atoms with Crippen LogP contribution < -0.4 is 16.0 Å². The van der Waals surface area contributed by atoms with Gasteiger partial charge in [0.2, 0.25) is 11.0 Å². The van der Waals surface area contributed by atoms with Gasteiger partial charge in [-0.1, -0.05) is 67.5 Å². The fourth-order valence-electron chi connectivity index (χ4n) is 2.76. The third-order valence-electron chi connectivity index (χ3n) is 4.63. The Labute approximate surface area is 197 Å². The van der Waals surface area contributed by atoms with Gasteiger partial charge in [0.25, 0.3) is 0 Å². The van der Waals surface area contributed by atoms with E-state index in [2.05, 4.69) is 42.1 Å². The maximum absolute atomic E-state index is 12.9. The lowest BCUT2D eigenvalue weighted by atomic mass is 9.98. The van der Waals surface area contributed by atoms with Crippen molar-refractivity contribution in [3.8, 4) is 10.6 Å². The third-order valence-corrected chi connectivity index (χ3v) is 6.45. The number of carbonyl (C=O) groups excluding carboxylic acids is 2. The van der Waals surface area contributed by atoms with Crippen LogP contribution in [0.25, 0.3) is 10.6 Å². The summed E-state index contributed by atoms with van der Waals surface area (Å²) in [7, 11) is 0. The average Bonchev–Trinajstić information content (AvgIpc) is 3.21. The summed E-state index contributed by atoms with van der Waals surface area (Å²) in [6.45, 7) is 3.86. The van der Waals surface area contributed by atoms with E-state index in [0.29, 0.717) is 27.3 Å².